The van der Waals surface area contributed by atoms with Gasteiger partial charge in [-0.3, -0.25) is 4.79 Å². The SMILES string of the molecule is CC(=O)NCCNS(=O)(=O)c1ccc(N)cc1C. The van der Waals surface area contributed by atoms with Crippen LogP contribution < -0.4 is 15.8 Å². The first-order valence-corrected chi connectivity index (χ1v) is 6.91. The normalized spacial score (nSPS) is 11.2. The monoisotopic (exact) mass is 271 g/mol. The van der Waals surface area contributed by atoms with Gasteiger partial charge in [-0.1, -0.05) is 0 Å². The summed E-state index contributed by atoms with van der Waals surface area (Å²) in [6.45, 7) is 3.45. The van der Waals surface area contributed by atoms with Crippen LogP contribution in [-0.4, -0.2) is 27.4 Å². The van der Waals surface area contributed by atoms with Crippen LogP contribution in [-0.2, 0) is 14.8 Å². The summed E-state index contributed by atoms with van der Waals surface area (Å²) in [5.74, 6) is -0.196. The minimum Gasteiger partial charge on any atom is -0.399 e. The summed E-state index contributed by atoms with van der Waals surface area (Å²) >= 11 is 0. The molecule has 1 aromatic carbocycles. The maximum absolute atomic E-state index is 11.9. The summed E-state index contributed by atoms with van der Waals surface area (Å²) < 4.78 is 26.3. The van der Waals surface area contributed by atoms with Crippen molar-refractivity contribution >= 4 is 21.6 Å². The third-order valence-corrected chi connectivity index (χ3v) is 3.90. The molecule has 0 aliphatic heterocycles. The van der Waals surface area contributed by atoms with Crippen LogP contribution in [0.2, 0.25) is 0 Å². The second-order valence-corrected chi connectivity index (χ2v) is 5.64. The number of carbonyl (C=O) groups excluding carboxylic acids is 1. The van der Waals surface area contributed by atoms with E-state index in [1.165, 1.54) is 19.1 Å². The number of amides is 1. The number of carbonyl (C=O) groups is 1. The topological polar surface area (TPSA) is 101 Å². The lowest BCUT2D eigenvalue weighted by molar-refractivity contribution is -0.118. The lowest BCUT2D eigenvalue weighted by Gasteiger charge is -2.10. The third kappa shape index (κ3) is 4.01. The number of nitrogen functional groups attached to an aromatic ring is 1. The van der Waals surface area contributed by atoms with Gasteiger partial charge < -0.3 is 11.1 Å². The summed E-state index contributed by atoms with van der Waals surface area (Å²) in [6, 6.07) is 4.60. The molecule has 0 radical (unpaired) electrons. The molecule has 0 unspecified atom stereocenters. The summed E-state index contributed by atoms with van der Waals surface area (Å²) in [5, 5.41) is 2.51. The molecule has 1 amide bonds. The second-order valence-electron chi connectivity index (χ2n) is 3.91. The molecule has 100 valence electrons. The third-order valence-electron chi connectivity index (χ3n) is 2.28. The minimum atomic E-state index is -3.56. The minimum absolute atomic E-state index is 0.145. The highest BCUT2D eigenvalue weighted by atomic mass is 32.2. The fourth-order valence-electron chi connectivity index (χ4n) is 1.48. The number of hydrogen-bond acceptors (Lipinski definition) is 4. The molecular formula is C11H17N3O3S. The van der Waals surface area contributed by atoms with Gasteiger partial charge in [-0.05, 0) is 30.7 Å². The second kappa shape index (κ2) is 5.83. The van der Waals surface area contributed by atoms with Crippen LogP contribution in [0.15, 0.2) is 23.1 Å². The highest BCUT2D eigenvalue weighted by Gasteiger charge is 2.15. The van der Waals surface area contributed by atoms with Crippen LogP contribution in [0.3, 0.4) is 0 Å². The molecule has 0 aliphatic rings. The molecular weight excluding hydrogens is 254 g/mol. The standard InChI is InChI=1S/C11H17N3O3S/c1-8-7-10(12)3-4-11(8)18(16,17)14-6-5-13-9(2)15/h3-4,7,14H,5-6,12H2,1-2H3,(H,13,15). The number of sulfonamides is 1. The number of benzene rings is 1. The van der Waals surface area contributed by atoms with E-state index in [1.54, 1.807) is 13.0 Å². The van der Waals surface area contributed by atoms with Crippen LogP contribution in [0.1, 0.15) is 12.5 Å². The first kappa shape index (κ1) is 14.5. The van der Waals surface area contributed by atoms with E-state index >= 15 is 0 Å². The van der Waals surface area contributed by atoms with Gasteiger partial charge in [-0.2, -0.15) is 0 Å². The van der Waals surface area contributed by atoms with Gasteiger partial charge in [0, 0.05) is 25.7 Å². The van der Waals surface area contributed by atoms with Crippen LogP contribution in [0, 0.1) is 6.92 Å². The maximum Gasteiger partial charge on any atom is 0.240 e. The molecule has 0 spiro atoms. The zero-order valence-corrected chi connectivity index (χ0v) is 11.2. The van der Waals surface area contributed by atoms with E-state index in [1.807, 2.05) is 0 Å². The van der Waals surface area contributed by atoms with Gasteiger partial charge in [-0.15, -0.1) is 0 Å². The summed E-state index contributed by atoms with van der Waals surface area (Å²) in [4.78, 5) is 10.8. The first-order valence-electron chi connectivity index (χ1n) is 5.43. The van der Waals surface area contributed by atoms with Gasteiger partial charge in [0.15, 0.2) is 0 Å². The molecule has 0 saturated carbocycles. The Balaban J connectivity index is 2.71. The van der Waals surface area contributed by atoms with Crippen molar-refractivity contribution in [1.29, 1.82) is 0 Å². The quantitative estimate of drug-likeness (QED) is 0.518. The smallest absolute Gasteiger partial charge is 0.240 e. The predicted octanol–water partition coefficient (Wildman–Crippen LogP) is -0.00838. The number of rotatable bonds is 5. The molecule has 0 aliphatic carbocycles. The van der Waals surface area contributed by atoms with Crippen LogP contribution in [0.4, 0.5) is 5.69 Å². The Hall–Kier alpha value is -1.60. The van der Waals surface area contributed by atoms with Crippen molar-refractivity contribution in [2.45, 2.75) is 18.7 Å². The van der Waals surface area contributed by atoms with Crippen LogP contribution in [0.25, 0.3) is 0 Å². The van der Waals surface area contributed by atoms with Gasteiger partial charge in [0.1, 0.15) is 0 Å². The lowest BCUT2D eigenvalue weighted by Crippen LogP contribution is -2.33. The number of anilines is 1. The number of hydrogen-bond donors (Lipinski definition) is 3. The fraction of sp³-hybridized carbons (Fsp3) is 0.364. The molecule has 7 heteroatoms. The zero-order chi connectivity index (χ0) is 13.8. The maximum atomic E-state index is 11.9. The van der Waals surface area contributed by atoms with Gasteiger partial charge in [0.25, 0.3) is 0 Å². The van der Waals surface area contributed by atoms with Crippen molar-refractivity contribution in [2.75, 3.05) is 18.8 Å². The Bertz CT molecular complexity index is 540. The molecule has 0 fully saturated rings. The molecule has 0 saturated heterocycles. The molecule has 0 atom stereocenters. The van der Waals surface area contributed by atoms with E-state index in [9.17, 15) is 13.2 Å². The molecule has 18 heavy (non-hydrogen) atoms. The van der Waals surface area contributed by atoms with E-state index < -0.39 is 10.0 Å². The molecule has 0 heterocycles. The Morgan fingerprint density at radius 3 is 2.56 bits per heavy atom. The van der Waals surface area contributed by atoms with Gasteiger partial charge in [0.05, 0.1) is 4.90 Å². The van der Waals surface area contributed by atoms with Gasteiger partial charge in [-0.25, -0.2) is 13.1 Å². The van der Waals surface area contributed by atoms with Crippen molar-refractivity contribution in [1.82, 2.24) is 10.0 Å². The average Bonchev–Trinajstić information content (AvgIpc) is 2.23. The summed E-state index contributed by atoms with van der Waals surface area (Å²) in [5.41, 5.74) is 6.67. The van der Waals surface area contributed by atoms with E-state index in [4.69, 9.17) is 5.73 Å². The molecule has 1 aromatic rings. The number of aryl methyl sites for hydroxylation is 1. The first-order chi connectivity index (χ1) is 8.33. The lowest BCUT2D eigenvalue weighted by atomic mass is 10.2. The van der Waals surface area contributed by atoms with Crippen LogP contribution in [0.5, 0.6) is 0 Å². The number of nitrogens with one attached hydrogen (secondary N) is 2. The van der Waals surface area contributed by atoms with Crippen molar-refractivity contribution in [3.8, 4) is 0 Å². The molecule has 4 N–H and O–H groups in total. The van der Waals surface area contributed by atoms with E-state index in [0.29, 0.717) is 11.3 Å². The molecule has 0 aromatic heterocycles. The average molecular weight is 271 g/mol. The molecule has 0 bridgehead atoms. The van der Waals surface area contributed by atoms with Gasteiger partial charge >= 0.3 is 0 Å². The summed E-state index contributed by atoms with van der Waals surface area (Å²) in [7, 11) is -3.56. The largest absolute Gasteiger partial charge is 0.399 e. The summed E-state index contributed by atoms with van der Waals surface area (Å²) in [6.07, 6.45) is 0. The Morgan fingerprint density at radius 2 is 2.00 bits per heavy atom. The van der Waals surface area contributed by atoms with E-state index in [2.05, 4.69) is 10.0 Å². The Labute approximate surface area is 107 Å². The molecule has 1 rings (SSSR count). The Kier molecular flexibility index (Phi) is 4.69. The van der Waals surface area contributed by atoms with Crippen molar-refractivity contribution in [3.05, 3.63) is 23.8 Å². The van der Waals surface area contributed by atoms with Crippen molar-refractivity contribution in [3.63, 3.8) is 0 Å². The Morgan fingerprint density at radius 1 is 1.33 bits per heavy atom. The van der Waals surface area contributed by atoms with E-state index in [-0.39, 0.29) is 23.9 Å². The van der Waals surface area contributed by atoms with Gasteiger partial charge in [0.2, 0.25) is 15.9 Å². The number of nitrogens with two attached hydrogens (primary N) is 1. The highest BCUT2D eigenvalue weighted by Crippen LogP contribution is 2.17. The van der Waals surface area contributed by atoms with E-state index in [0.717, 1.165) is 0 Å². The van der Waals surface area contributed by atoms with Crippen molar-refractivity contribution < 1.29 is 13.2 Å². The highest BCUT2D eigenvalue weighted by molar-refractivity contribution is 7.89. The van der Waals surface area contributed by atoms with Crippen molar-refractivity contribution in [2.24, 2.45) is 0 Å². The zero-order valence-electron chi connectivity index (χ0n) is 10.4. The van der Waals surface area contributed by atoms with Crippen LogP contribution >= 0.6 is 0 Å². The molecule has 6 nitrogen and oxygen atoms in total. The fourth-order valence-corrected chi connectivity index (χ4v) is 2.73. The predicted molar refractivity (Wildman–Crippen MR) is 69.5 cm³/mol.